The second-order valence-electron chi connectivity index (χ2n) is 5.30. The molecule has 1 aromatic carbocycles. The predicted molar refractivity (Wildman–Crippen MR) is 87.0 cm³/mol. The van der Waals surface area contributed by atoms with E-state index in [4.69, 9.17) is 0 Å². The molecule has 1 aromatic rings. The van der Waals surface area contributed by atoms with Crippen LogP contribution in [0.3, 0.4) is 0 Å². The molecule has 110 valence electrons. The molecule has 0 saturated carbocycles. The zero-order chi connectivity index (χ0) is 15.0. The lowest BCUT2D eigenvalue weighted by atomic mass is 10.0. The van der Waals surface area contributed by atoms with Crippen LogP contribution in [0.4, 0.5) is 5.69 Å². The number of anilines is 1. The summed E-state index contributed by atoms with van der Waals surface area (Å²) in [6, 6.07) is 8.17. The summed E-state index contributed by atoms with van der Waals surface area (Å²) in [5.74, 6) is 0.520. The van der Waals surface area contributed by atoms with Gasteiger partial charge in [-0.25, -0.2) is 0 Å². The highest BCUT2D eigenvalue weighted by Crippen LogP contribution is 2.17. The normalized spacial score (nSPS) is 13.3. The van der Waals surface area contributed by atoms with Crippen LogP contribution in [-0.4, -0.2) is 24.4 Å². The standard InChI is InChI=1S/C17H26N2O/c1-5-10-18-12-14(4)11-17(20)19-16-8-6-15(7-9-16)13(2)3/h5-9,11,13,17-20H,1,10,12H2,2-4H3/b14-11+. The molecule has 3 N–H and O–H groups in total. The van der Waals surface area contributed by atoms with Crippen molar-refractivity contribution in [2.45, 2.75) is 32.9 Å². The average molecular weight is 274 g/mol. The van der Waals surface area contributed by atoms with Crippen LogP contribution in [0.15, 0.2) is 48.6 Å². The van der Waals surface area contributed by atoms with Crippen molar-refractivity contribution in [1.82, 2.24) is 5.32 Å². The number of rotatable bonds is 8. The quantitative estimate of drug-likeness (QED) is 0.387. The van der Waals surface area contributed by atoms with Gasteiger partial charge in [0.1, 0.15) is 6.23 Å². The lowest BCUT2D eigenvalue weighted by Crippen LogP contribution is -2.20. The number of hydrogen-bond acceptors (Lipinski definition) is 3. The second kappa shape index (κ2) is 8.56. The molecule has 0 aliphatic heterocycles. The van der Waals surface area contributed by atoms with Crippen molar-refractivity contribution >= 4 is 5.69 Å². The van der Waals surface area contributed by atoms with Gasteiger partial charge in [-0.05, 0) is 36.6 Å². The summed E-state index contributed by atoms with van der Waals surface area (Å²) in [7, 11) is 0. The molecule has 0 amide bonds. The summed E-state index contributed by atoms with van der Waals surface area (Å²) in [4.78, 5) is 0. The summed E-state index contributed by atoms with van der Waals surface area (Å²) in [5.41, 5.74) is 3.31. The summed E-state index contributed by atoms with van der Waals surface area (Å²) in [5, 5.41) is 16.2. The molecule has 0 aliphatic rings. The van der Waals surface area contributed by atoms with E-state index in [0.29, 0.717) is 5.92 Å². The molecule has 0 aromatic heterocycles. The van der Waals surface area contributed by atoms with Crippen LogP contribution in [0, 0.1) is 0 Å². The number of aliphatic hydroxyl groups excluding tert-OH is 1. The monoisotopic (exact) mass is 274 g/mol. The smallest absolute Gasteiger partial charge is 0.144 e. The Bertz CT molecular complexity index is 435. The van der Waals surface area contributed by atoms with Gasteiger partial charge in [0, 0.05) is 18.8 Å². The Labute approximate surface area is 122 Å². The first-order valence-corrected chi connectivity index (χ1v) is 7.06. The number of nitrogens with one attached hydrogen (secondary N) is 2. The van der Waals surface area contributed by atoms with Gasteiger partial charge in [-0.3, -0.25) is 0 Å². The Kier molecular flexibility index (Phi) is 7.05. The molecule has 1 atom stereocenters. The maximum absolute atomic E-state index is 9.97. The third-order valence-electron chi connectivity index (χ3n) is 3.03. The molecular formula is C17H26N2O. The molecule has 3 heteroatoms. The first kappa shape index (κ1) is 16.5. The van der Waals surface area contributed by atoms with Crippen LogP contribution in [0.5, 0.6) is 0 Å². The van der Waals surface area contributed by atoms with Gasteiger partial charge >= 0.3 is 0 Å². The Balaban J connectivity index is 2.50. The van der Waals surface area contributed by atoms with Gasteiger partial charge in [-0.15, -0.1) is 6.58 Å². The van der Waals surface area contributed by atoms with Gasteiger partial charge < -0.3 is 15.7 Å². The summed E-state index contributed by atoms with van der Waals surface area (Å²) >= 11 is 0. The zero-order valence-electron chi connectivity index (χ0n) is 12.7. The van der Waals surface area contributed by atoms with Gasteiger partial charge in [-0.1, -0.05) is 37.6 Å². The van der Waals surface area contributed by atoms with E-state index in [2.05, 4.69) is 43.2 Å². The van der Waals surface area contributed by atoms with Crippen molar-refractivity contribution in [3.05, 3.63) is 54.1 Å². The molecule has 3 nitrogen and oxygen atoms in total. The van der Waals surface area contributed by atoms with Crippen molar-refractivity contribution in [3.63, 3.8) is 0 Å². The van der Waals surface area contributed by atoms with E-state index >= 15 is 0 Å². The highest BCUT2D eigenvalue weighted by Gasteiger charge is 2.02. The molecule has 0 heterocycles. The fraction of sp³-hybridized carbons (Fsp3) is 0.412. The van der Waals surface area contributed by atoms with E-state index in [-0.39, 0.29) is 0 Å². The topological polar surface area (TPSA) is 44.3 Å². The lowest BCUT2D eigenvalue weighted by Gasteiger charge is -2.13. The minimum absolute atomic E-state index is 0.520. The Morgan fingerprint density at radius 2 is 1.95 bits per heavy atom. The SMILES string of the molecule is C=CCNC/C(C)=C/C(O)Nc1ccc(C(C)C)cc1. The second-order valence-corrected chi connectivity index (χ2v) is 5.30. The first-order chi connectivity index (χ1) is 9.52. The Hall–Kier alpha value is -1.58. The number of benzene rings is 1. The molecule has 20 heavy (non-hydrogen) atoms. The Morgan fingerprint density at radius 3 is 2.50 bits per heavy atom. The molecule has 0 fully saturated rings. The van der Waals surface area contributed by atoms with Crippen molar-refractivity contribution in [2.75, 3.05) is 18.4 Å². The zero-order valence-corrected chi connectivity index (χ0v) is 12.7. The van der Waals surface area contributed by atoms with Crippen molar-refractivity contribution in [2.24, 2.45) is 0 Å². The summed E-state index contributed by atoms with van der Waals surface area (Å²) in [6.45, 7) is 11.5. The van der Waals surface area contributed by atoms with Crippen molar-refractivity contribution in [1.29, 1.82) is 0 Å². The maximum Gasteiger partial charge on any atom is 0.144 e. The molecule has 1 unspecified atom stereocenters. The van der Waals surface area contributed by atoms with Gasteiger partial charge in [0.2, 0.25) is 0 Å². The van der Waals surface area contributed by atoms with E-state index < -0.39 is 6.23 Å². The molecule has 0 radical (unpaired) electrons. The average Bonchev–Trinajstić information content (AvgIpc) is 2.39. The number of hydrogen-bond donors (Lipinski definition) is 3. The Morgan fingerprint density at radius 1 is 1.30 bits per heavy atom. The highest BCUT2D eigenvalue weighted by atomic mass is 16.3. The van der Waals surface area contributed by atoms with Crippen LogP contribution in [0.25, 0.3) is 0 Å². The van der Waals surface area contributed by atoms with Gasteiger partial charge in [0.25, 0.3) is 0 Å². The molecule has 0 spiro atoms. The summed E-state index contributed by atoms with van der Waals surface area (Å²) < 4.78 is 0. The van der Waals surface area contributed by atoms with Gasteiger partial charge in [-0.2, -0.15) is 0 Å². The molecule has 0 aliphatic carbocycles. The number of aliphatic hydroxyl groups is 1. The molecule has 0 bridgehead atoms. The van der Waals surface area contributed by atoms with Crippen molar-refractivity contribution < 1.29 is 5.11 Å². The van der Waals surface area contributed by atoms with Crippen LogP contribution < -0.4 is 10.6 Å². The maximum atomic E-state index is 9.97. The predicted octanol–water partition coefficient (Wildman–Crippen LogP) is 3.26. The third kappa shape index (κ3) is 6.04. The third-order valence-corrected chi connectivity index (χ3v) is 3.03. The fourth-order valence-corrected chi connectivity index (χ4v) is 1.88. The molecular weight excluding hydrogens is 248 g/mol. The van der Waals surface area contributed by atoms with Crippen molar-refractivity contribution in [3.8, 4) is 0 Å². The molecule has 0 saturated heterocycles. The van der Waals surface area contributed by atoms with E-state index in [9.17, 15) is 5.11 Å². The van der Waals surface area contributed by atoms with Gasteiger partial charge in [0.05, 0.1) is 0 Å². The van der Waals surface area contributed by atoms with Crippen LogP contribution in [0.1, 0.15) is 32.3 Å². The van der Waals surface area contributed by atoms with E-state index in [0.717, 1.165) is 24.4 Å². The fourth-order valence-electron chi connectivity index (χ4n) is 1.88. The summed E-state index contributed by atoms with van der Waals surface area (Å²) in [6.07, 6.45) is 2.95. The van der Waals surface area contributed by atoms with E-state index in [1.807, 2.05) is 31.2 Å². The first-order valence-electron chi connectivity index (χ1n) is 7.06. The highest BCUT2D eigenvalue weighted by molar-refractivity contribution is 5.46. The lowest BCUT2D eigenvalue weighted by molar-refractivity contribution is 0.251. The molecule has 1 rings (SSSR count). The van der Waals surface area contributed by atoms with Crippen LogP contribution in [-0.2, 0) is 0 Å². The largest absolute Gasteiger partial charge is 0.370 e. The van der Waals surface area contributed by atoms with Gasteiger partial charge in [0.15, 0.2) is 0 Å². The minimum atomic E-state index is -0.676. The minimum Gasteiger partial charge on any atom is -0.370 e. The van der Waals surface area contributed by atoms with Crippen LogP contribution in [0.2, 0.25) is 0 Å². The van der Waals surface area contributed by atoms with E-state index in [1.54, 1.807) is 0 Å². The van der Waals surface area contributed by atoms with Crippen LogP contribution >= 0.6 is 0 Å². The van der Waals surface area contributed by atoms with E-state index in [1.165, 1.54) is 5.56 Å².